The average molecular weight is 367 g/mol. The molecule has 6 heteroatoms. The van der Waals surface area contributed by atoms with E-state index in [2.05, 4.69) is 5.32 Å². The maximum absolute atomic E-state index is 12.4. The van der Waals surface area contributed by atoms with E-state index in [0.717, 1.165) is 18.6 Å². The van der Waals surface area contributed by atoms with E-state index in [-0.39, 0.29) is 17.9 Å². The Hall–Kier alpha value is -1.75. The lowest BCUT2D eigenvalue weighted by Crippen LogP contribution is -2.50. The highest BCUT2D eigenvalue weighted by Crippen LogP contribution is 2.23. The van der Waals surface area contributed by atoms with Gasteiger partial charge in [-0.05, 0) is 57.9 Å². The third-order valence-corrected chi connectivity index (χ3v) is 5.13. The number of hydrogen-bond donors (Lipinski definition) is 1. The summed E-state index contributed by atoms with van der Waals surface area (Å²) in [5.74, 6) is 1.06. The number of carbonyl (C=O) groups is 2. The summed E-state index contributed by atoms with van der Waals surface area (Å²) in [6.45, 7) is 7.54. The second-order valence-electron chi connectivity index (χ2n) is 7.01. The molecule has 2 rings (SSSR count). The Balaban J connectivity index is 1.85. The monoisotopic (exact) mass is 366 g/mol. The Morgan fingerprint density at radius 1 is 1.24 bits per heavy atom. The lowest BCUT2D eigenvalue weighted by atomic mass is 9.92. The highest BCUT2D eigenvalue weighted by molar-refractivity contribution is 6.19. The molecule has 1 fully saturated rings. The fraction of sp³-hybridized carbons (Fsp3) is 0.579. The smallest absolute Gasteiger partial charge is 0.251 e. The minimum Gasteiger partial charge on any atom is -0.494 e. The van der Waals surface area contributed by atoms with Crippen LogP contribution in [0, 0.1) is 5.41 Å². The molecule has 1 aromatic rings. The molecule has 0 radical (unpaired) electrons. The number of halogens is 1. The van der Waals surface area contributed by atoms with Gasteiger partial charge in [-0.15, -0.1) is 11.6 Å². The average Bonchev–Trinajstić information content (AvgIpc) is 2.62. The quantitative estimate of drug-likeness (QED) is 0.787. The third-order valence-electron chi connectivity index (χ3n) is 4.46. The molecule has 1 aliphatic rings. The number of rotatable bonds is 6. The molecule has 0 aromatic heterocycles. The Bertz CT molecular complexity index is 593. The van der Waals surface area contributed by atoms with Crippen LogP contribution < -0.4 is 10.1 Å². The van der Waals surface area contributed by atoms with Crippen LogP contribution >= 0.6 is 11.6 Å². The summed E-state index contributed by atoms with van der Waals surface area (Å²) in [5, 5.41) is 3.06. The maximum atomic E-state index is 12.4. The van der Waals surface area contributed by atoms with Crippen LogP contribution in [0.15, 0.2) is 24.3 Å². The van der Waals surface area contributed by atoms with Gasteiger partial charge in [-0.25, -0.2) is 0 Å². The van der Waals surface area contributed by atoms with Crippen molar-refractivity contribution in [1.82, 2.24) is 10.2 Å². The first kappa shape index (κ1) is 19.6. The largest absolute Gasteiger partial charge is 0.494 e. The number of alkyl halides is 1. The van der Waals surface area contributed by atoms with Crippen molar-refractivity contribution >= 4 is 23.4 Å². The second kappa shape index (κ2) is 8.56. The number of ether oxygens (including phenoxy) is 1. The first-order chi connectivity index (χ1) is 11.9. The Kier molecular flexibility index (Phi) is 6.71. The molecule has 0 atom stereocenters. The van der Waals surface area contributed by atoms with Gasteiger partial charge in [0.05, 0.1) is 12.0 Å². The van der Waals surface area contributed by atoms with Gasteiger partial charge in [-0.1, -0.05) is 0 Å². The molecule has 0 aliphatic carbocycles. The van der Waals surface area contributed by atoms with Crippen LogP contribution in [-0.2, 0) is 4.79 Å². The topological polar surface area (TPSA) is 58.6 Å². The zero-order valence-corrected chi connectivity index (χ0v) is 15.9. The van der Waals surface area contributed by atoms with Crippen molar-refractivity contribution in [3.8, 4) is 5.75 Å². The van der Waals surface area contributed by atoms with Crippen LogP contribution in [-0.4, -0.2) is 48.3 Å². The van der Waals surface area contributed by atoms with Crippen LogP contribution in [0.4, 0.5) is 0 Å². The van der Waals surface area contributed by atoms with Crippen LogP contribution in [0.3, 0.4) is 0 Å². The molecule has 5 nitrogen and oxygen atoms in total. The molecule has 0 unspecified atom stereocenters. The number of piperidine rings is 1. The van der Waals surface area contributed by atoms with E-state index in [1.807, 2.05) is 25.7 Å². The second-order valence-corrected chi connectivity index (χ2v) is 7.28. The van der Waals surface area contributed by atoms with E-state index in [1.54, 1.807) is 24.3 Å². The summed E-state index contributed by atoms with van der Waals surface area (Å²) in [6, 6.07) is 7.22. The normalized spacial score (nSPS) is 15.8. The predicted molar refractivity (Wildman–Crippen MR) is 99.2 cm³/mol. The van der Waals surface area contributed by atoms with Crippen molar-refractivity contribution in [1.29, 1.82) is 0 Å². The van der Waals surface area contributed by atoms with Gasteiger partial charge in [0, 0.05) is 30.6 Å². The molecule has 138 valence electrons. The molecule has 25 heavy (non-hydrogen) atoms. The van der Waals surface area contributed by atoms with E-state index in [0.29, 0.717) is 31.1 Å². The summed E-state index contributed by atoms with van der Waals surface area (Å²) in [4.78, 5) is 26.6. The maximum Gasteiger partial charge on any atom is 0.251 e. The Labute approximate surface area is 154 Å². The number of nitrogens with zero attached hydrogens (tertiary/aromatic N) is 1. The van der Waals surface area contributed by atoms with E-state index >= 15 is 0 Å². The molecule has 0 bridgehead atoms. The van der Waals surface area contributed by atoms with E-state index < -0.39 is 5.41 Å². The van der Waals surface area contributed by atoms with Crippen LogP contribution in [0.25, 0.3) is 0 Å². The first-order valence-corrected chi connectivity index (χ1v) is 9.30. The predicted octanol–water partition coefficient (Wildman–Crippen LogP) is 3.07. The Morgan fingerprint density at radius 2 is 1.84 bits per heavy atom. The summed E-state index contributed by atoms with van der Waals surface area (Å²) < 4.78 is 5.38. The van der Waals surface area contributed by atoms with Crippen molar-refractivity contribution in [2.45, 2.75) is 39.7 Å². The van der Waals surface area contributed by atoms with Gasteiger partial charge in [0.2, 0.25) is 5.91 Å². The first-order valence-electron chi connectivity index (χ1n) is 8.76. The molecule has 1 aromatic carbocycles. The van der Waals surface area contributed by atoms with Gasteiger partial charge >= 0.3 is 0 Å². The summed E-state index contributed by atoms with van der Waals surface area (Å²) in [5.41, 5.74) is 0.0742. The zero-order valence-electron chi connectivity index (χ0n) is 15.2. The molecule has 1 heterocycles. The van der Waals surface area contributed by atoms with Crippen LogP contribution in [0.2, 0.25) is 0 Å². The lowest BCUT2D eigenvalue weighted by molar-refractivity contribution is -0.140. The van der Waals surface area contributed by atoms with Gasteiger partial charge in [-0.3, -0.25) is 9.59 Å². The number of likely N-dealkylation sites (tertiary alicyclic amines) is 1. The van der Waals surface area contributed by atoms with Crippen molar-refractivity contribution in [3.63, 3.8) is 0 Å². The summed E-state index contributed by atoms with van der Waals surface area (Å²) in [6.07, 6.45) is 1.51. The van der Waals surface area contributed by atoms with Crippen LogP contribution in [0.1, 0.15) is 44.0 Å². The van der Waals surface area contributed by atoms with Gasteiger partial charge in [0.1, 0.15) is 5.75 Å². The Morgan fingerprint density at radius 3 is 2.36 bits per heavy atom. The molecule has 0 saturated carbocycles. The van der Waals surface area contributed by atoms with Gasteiger partial charge in [0.25, 0.3) is 5.91 Å². The summed E-state index contributed by atoms with van der Waals surface area (Å²) in [7, 11) is 0. The van der Waals surface area contributed by atoms with E-state index in [9.17, 15) is 9.59 Å². The fourth-order valence-corrected chi connectivity index (χ4v) is 2.96. The zero-order chi connectivity index (χ0) is 18.4. The number of hydrogen-bond acceptors (Lipinski definition) is 3. The van der Waals surface area contributed by atoms with Crippen molar-refractivity contribution < 1.29 is 14.3 Å². The van der Waals surface area contributed by atoms with Gasteiger partial charge < -0.3 is 15.0 Å². The number of amides is 2. The molecular weight excluding hydrogens is 340 g/mol. The minimum absolute atomic E-state index is 0.0822. The highest BCUT2D eigenvalue weighted by atomic mass is 35.5. The van der Waals surface area contributed by atoms with Gasteiger partial charge in [-0.2, -0.15) is 0 Å². The highest BCUT2D eigenvalue weighted by Gasteiger charge is 2.33. The fourth-order valence-electron chi connectivity index (χ4n) is 2.85. The third kappa shape index (κ3) is 5.11. The summed E-state index contributed by atoms with van der Waals surface area (Å²) >= 11 is 5.89. The number of carbonyl (C=O) groups excluding carboxylic acids is 2. The molecular formula is C19H27ClN2O3. The van der Waals surface area contributed by atoms with Gasteiger partial charge in [0.15, 0.2) is 0 Å². The SMILES string of the molecule is CCOc1ccc(C(=O)NC2CCN(C(=O)C(C)(C)CCl)CC2)cc1. The molecule has 1 aliphatic heterocycles. The standard InChI is InChI=1S/C19H27ClN2O3/c1-4-25-16-7-5-14(6-8-16)17(23)21-15-9-11-22(12-10-15)18(24)19(2,3)13-20/h5-8,15H,4,9-13H2,1-3H3,(H,21,23). The molecule has 2 amide bonds. The van der Waals surface area contributed by atoms with E-state index in [4.69, 9.17) is 16.3 Å². The van der Waals surface area contributed by atoms with E-state index in [1.165, 1.54) is 0 Å². The number of nitrogens with one attached hydrogen (secondary N) is 1. The minimum atomic E-state index is -0.542. The van der Waals surface area contributed by atoms with Crippen molar-refractivity contribution in [2.24, 2.45) is 5.41 Å². The molecule has 1 N–H and O–H groups in total. The van der Waals surface area contributed by atoms with Crippen molar-refractivity contribution in [3.05, 3.63) is 29.8 Å². The van der Waals surface area contributed by atoms with Crippen molar-refractivity contribution in [2.75, 3.05) is 25.6 Å². The molecule has 0 spiro atoms. The van der Waals surface area contributed by atoms with Crippen LogP contribution in [0.5, 0.6) is 5.75 Å². The number of benzene rings is 1. The lowest BCUT2D eigenvalue weighted by Gasteiger charge is -2.36. The molecule has 1 saturated heterocycles.